The summed E-state index contributed by atoms with van der Waals surface area (Å²) in [7, 11) is 5.87. The minimum Gasteiger partial charge on any atom is -0.507 e. The highest BCUT2D eigenvalue weighted by molar-refractivity contribution is 5.78. The molecule has 0 saturated carbocycles. The van der Waals surface area contributed by atoms with Gasteiger partial charge < -0.3 is 29.1 Å². The number of ether oxygens (including phenoxy) is 3. The van der Waals surface area contributed by atoms with Gasteiger partial charge in [0.15, 0.2) is 11.5 Å². The summed E-state index contributed by atoms with van der Waals surface area (Å²) in [6, 6.07) is 4.63. The molecule has 1 amide bonds. The molecule has 0 aliphatic carbocycles. The van der Waals surface area contributed by atoms with E-state index in [2.05, 4.69) is 5.32 Å². The molecule has 0 spiro atoms. The average molecular weight is 377 g/mol. The smallest absolute Gasteiger partial charge is 0.343 e. The maximum absolute atomic E-state index is 12.5. The number of rotatable bonds is 7. The van der Waals surface area contributed by atoms with Crippen LogP contribution < -0.4 is 25.2 Å². The minimum absolute atomic E-state index is 0.0327. The van der Waals surface area contributed by atoms with Crippen LogP contribution >= 0.6 is 0 Å². The second kappa shape index (κ2) is 8.48. The highest BCUT2D eigenvalue weighted by Gasteiger charge is 2.30. The number of amides is 1. The molecule has 0 saturated heterocycles. The molecule has 1 heterocycles. The van der Waals surface area contributed by atoms with Gasteiger partial charge in [0.1, 0.15) is 11.5 Å². The lowest BCUT2D eigenvalue weighted by molar-refractivity contribution is -0.120. The Labute approximate surface area is 156 Å². The molecule has 8 nitrogen and oxygen atoms in total. The van der Waals surface area contributed by atoms with Gasteiger partial charge in [0.25, 0.3) is 0 Å². The fraction of sp³-hybridized carbons (Fsp3) is 0.368. The molecule has 1 aromatic carbocycles. The Balaban J connectivity index is 2.77. The fourth-order valence-electron chi connectivity index (χ4n) is 2.98. The quantitative estimate of drug-likeness (QED) is 0.759. The van der Waals surface area contributed by atoms with Gasteiger partial charge in [-0.1, -0.05) is 6.07 Å². The topological polar surface area (TPSA) is 107 Å². The van der Waals surface area contributed by atoms with E-state index in [1.807, 2.05) is 0 Å². The molecule has 8 heteroatoms. The summed E-state index contributed by atoms with van der Waals surface area (Å²) in [5, 5.41) is 12.9. The number of carbonyl (C=O) groups is 1. The molecular weight excluding hydrogens is 354 g/mol. The first-order valence-corrected chi connectivity index (χ1v) is 8.20. The molecule has 0 aliphatic heterocycles. The van der Waals surface area contributed by atoms with Crippen LogP contribution in [0.5, 0.6) is 23.0 Å². The summed E-state index contributed by atoms with van der Waals surface area (Å²) in [5.74, 6) is -0.0982. The average Bonchev–Trinajstić information content (AvgIpc) is 2.64. The van der Waals surface area contributed by atoms with Crippen molar-refractivity contribution >= 4 is 5.91 Å². The molecule has 27 heavy (non-hydrogen) atoms. The highest BCUT2D eigenvalue weighted by Crippen LogP contribution is 2.45. The van der Waals surface area contributed by atoms with E-state index in [1.165, 1.54) is 34.4 Å². The Kier molecular flexibility index (Phi) is 6.33. The summed E-state index contributed by atoms with van der Waals surface area (Å²) in [4.78, 5) is 24.6. The third-order valence-electron chi connectivity index (χ3n) is 4.22. The Morgan fingerprint density at radius 3 is 2.37 bits per heavy atom. The molecule has 2 N–H and O–H groups in total. The molecule has 0 fully saturated rings. The van der Waals surface area contributed by atoms with Crippen LogP contribution in [0.15, 0.2) is 27.4 Å². The Morgan fingerprint density at radius 1 is 1.19 bits per heavy atom. The summed E-state index contributed by atoms with van der Waals surface area (Å²) in [5.41, 5.74) is -0.279. The first-order valence-electron chi connectivity index (χ1n) is 8.20. The van der Waals surface area contributed by atoms with Crippen LogP contribution in [0, 0.1) is 6.92 Å². The first-order chi connectivity index (χ1) is 12.9. The number of hydrogen-bond acceptors (Lipinski definition) is 7. The van der Waals surface area contributed by atoms with Crippen LogP contribution in [-0.4, -0.2) is 39.4 Å². The molecule has 1 aromatic heterocycles. The third kappa shape index (κ3) is 3.99. The van der Waals surface area contributed by atoms with Gasteiger partial charge in [-0.05, 0) is 13.0 Å². The molecule has 1 unspecified atom stereocenters. The molecule has 146 valence electrons. The number of nitrogens with one attached hydrogen (secondary N) is 1. The SMILES string of the molecule is CNC(=O)CC(c1ccc(OC)c(OC)c1OC)c1c(O)cc(C)oc1=O. The standard InChI is InChI=1S/C19H23NO7/c1-10-8-13(21)16(19(23)27-10)12(9-15(22)20-2)11-6-7-14(24-3)18(26-5)17(11)25-4/h6-8,12,21H,9H2,1-5H3,(H,20,22). The third-order valence-corrected chi connectivity index (χ3v) is 4.22. The predicted molar refractivity (Wildman–Crippen MR) is 98.0 cm³/mol. The van der Waals surface area contributed by atoms with Crippen LogP contribution in [0.3, 0.4) is 0 Å². The number of benzene rings is 1. The highest BCUT2D eigenvalue weighted by atomic mass is 16.5. The van der Waals surface area contributed by atoms with Crippen LogP contribution in [0.1, 0.15) is 29.2 Å². The molecular formula is C19H23NO7. The zero-order valence-corrected chi connectivity index (χ0v) is 15.9. The summed E-state index contributed by atoms with van der Waals surface area (Å²) < 4.78 is 21.3. The van der Waals surface area contributed by atoms with Gasteiger partial charge in [0, 0.05) is 31.0 Å². The van der Waals surface area contributed by atoms with Gasteiger partial charge in [0.05, 0.1) is 26.9 Å². The number of aryl methyl sites for hydroxylation is 1. The lowest BCUT2D eigenvalue weighted by Crippen LogP contribution is -2.24. The second-order valence-electron chi connectivity index (χ2n) is 5.80. The van der Waals surface area contributed by atoms with Crippen LogP contribution in [0.4, 0.5) is 0 Å². The Morgan fingerprint density at radius 2 is 1.85 bits per heavy atom. The van der Waals surface area contributed by atoms with E-state index >= 15 is 0 Å². The van der Waals surface area contributed by atoms with Crippen molar-refractivity contribution in [2.24, 2.45) is 0 Å². The van der Waals surface area contributed by atoms with Crippen molar-refractivity contribution in [3.63, 3.8) is 0 Å². The van der Waals surface area contributed by atoms with Crippen molar-refractivity contribution in [1.82, 2.24) is 5.32 Å². The summed E-state index contributed by atoms with van der Waals surface area (Å²) in [6.07, 6.45) is -0.107. The number of methoxy groups -OCH3 is 3. The Bertz CT molecular complexity index is 888. The molecule has 0 aliphatic rings. The lowest BCUT2D eigenvalue weighted by atomic mass is 9.87. The van der Waals surface area contributed by atoms with E-state index < -0.39 is 11.5 Å². The van der Waals surface area contributed by atoms with E-state index in [0.717, 1.165) is 0 Å². The van der Waals surface area contributed by atoms with Crippen molar-refractivity contribution in [2.45, 2.75) is 19.3 Å². The zero-order chi connectivity index (χ0) is 20.1. The fourth-order valence-corrected chi connectivity index (χ4v) is 2.98. The van der Waals surface area contributed by atoms with Crippen molar-refractivity contribution in [3.05, 3.63) is 45.5 Å². The first kappa shape index (κ1) is 20.2. The summed E-state index contributed by atoms with van der Waals surface area (Å²) in [6.45, 7) is 1.55. The van der Waals surface area contributed by atoms with Gasteiger partial charge in [-0.25, -0.2) is 4.79 Å². The van der Waals surface area contributed by atoms with Crippen LogP contribution in [0.2, 0.25) is 0 Å². The van der Waals surface area contributed by atoms with Gasteiger partial charge in [-0.3, -0.25) is 4.79 Å². The maximum atomic E-state index is 12.5. The van der Waals surface area contributed by atoms with Crippen molar-refractivity contribution in [3.8, 4) is 23.0 Å². The number of carbonyl (C=O) groups excluding carboxylic acids is 1. The molecule has 1 atom stereocenters. The number of aromatic hydroxyl groups is 1. The van der Waals surface area contributed by atoms with Crippen molar-refractivity contribution in [2.75, 3.05) is 28.4 Å². The van der Waals surface area contributed by atoms with Crippen LogP contribution in [0.25, 0.3) is 0 Å². The number of hydrogen-bond donors (Lipinski definition) is 2. The van der Waals surface area contributed by atoms with Gasteiger partial charge in [0.2, 0.25) is 11.7 Å². The summed E-state index contributed by atoms with van der Waals surface area (Å²) >= 11 is 0. The minimum atomic E-state index is -0.823. The van der Waals surface area contributed by atoms with E-state index in [0.29, 0.717) is 22.8 Å². The van der Waals surface area contributed by atoms with Gasteiger partial charge in [-0.15, -0.1) is 0 Å². The van der Waals surface area contributed by atoms with E-state index in [-0.39, 0.29) is 29.4 Å². The molecule has 2 aromatic rings. The predicted octanol–water partition coefficient (Wildman–Crippen LogP) is 1.95. The molecule has 0 radical (unpaired) electrons. The monoisotopic (exact) mass is 377 g/mol. The van der Waals surface area contributed by atoms with Crippen molar-refractivity contribution < 1.29 is 28.5 Å². The lowest BCUT2D eigenvalue weighted by Gasteiger charge is -2.22. The second-order valence-corrected chi connectivity index (χ2v) is 5.80. The van der Waals surface area contributed by atoms with E-state index in [4.69, 9.17) is 18.6 Å². The van der Waals surface area contributed by atoms with Gasteiger partial charge in [-0.2, -0.15) is 0 Å². The largest absolute Gasteiger partial charge is 0.507 e. The van der Waals surface area contributed by atoms with E-state index in [9.17, 15) is 14.7 Å². The Hall–Kier alpha value is -3.16. The van der Waals surface area contributed by atoms with Gasteiger partial charge >= 0.3 is 5.63 Å². The molecule has 2 rings (SSSR count). The van der Waals surface area contributed by atoms with Crippen molar-refractivity contribution in [1.29, 1.82) is 0 Å². The zero-order valence-electron chi connectivity index (χ0n) is 15.9. The van der Waals surface area contributed by atoms with Crippen LogP contribution in [-0.2, 0) is 4.79 Å². The maximum Gasteiger partial charge on any atom is 0.343 e. The molecule has 0 bridgehead atoms. The van der Waals surface area contributed by atoms with E-state index in [1.54, 1.807) is 19.1 Å². The normalized spacial score (nSPS) is 11.6.